The van der Waals surface area contributed by atoms with Crippen LogP contribution in [0, 0.1) is 0 Å². The summed E-state index contributed by atoms with van der Waals surface area (Å²) in [5, 5.41) is 9.09. The van der Waals surface area contributed by atoms with Crippen LogP contribution in [0.5, 0.6) is 0 Å². The number of halogens is 2. The van der Waals surface area contributed by atoms with E-state index in [4.69, 9.17) is 0 Å². The van der Waals surface area contributed by atoms with Crippen LogP contribution in [0.1, 0.15) is 10.4 Å². The number of rotatable bonds is 2. The Morgan fingerprint density at radius 2 is 1.94 bits per heavy atom. The van der Waals surface area contributed by atoms with E-state index in [1.54, 1.807) is 24.5 Å². The van der Waals surface area contributed by atoms with Crippen LogP contribution in [-0.4, -0.2) is 16.1 Å². The molecule has 0 saturated heterocycles. The number of anilines is 1. The van der Waals surface area contributed by atoms with Gasteiger partial charge in [-0.1, -0.05) is 31.9 Å². The van der Waals surface area contributed by atoms with Crippen molar-refractivity contribution in [2.75, 3.05) is 5.32 Å². The molecule has 0 radical (unpaired) electrons. The average molecular weight is 345 g/mol. The molecule has 1 heterocycles. The molecule has 0 fully saturated rings. The lowest BCUT2D eigenvalue weighted by molar-refractivity contribution is 0.102. The Bertz CT molecular complexity index is 491. The molecule has 0 bridgehead atoms. The first-order valence-corrected chi connectivity index (χ1v) is 6.00. The van der Waals surface area contributed by atoms with Gasteiger partial charge in [-0.3, -0.25) is 9.89 Å². The Balaban J connectivity index is 2.21. The van der Waals surface area contributed by atoms with Crippen LogP contribution in [0.4, 0.5) is 5.69 Å². The summed E-state index contributed by atoms with van der Waals surface area (Å²) in [6.45, 7) is 0. The molecule has 82 valence electrons. The number of amides is 1. The number of hydrogen-bond acceptors (Lipinski definition) is 2. The summed E-state index contributed by atoms with van der Waals surface area (Å²) in [5.41, 5.74) is 1.21. The minimum absolute atomic E-state index is 0.177. The average Bonchev–Trinajstić information content (AvgIpc) is 2.68. The molecule has 2 N–H and O–H groups in total. The number of H-pyrrole nitrogens is 1. The van der Waals surface area contributed by atoms with E-state index >= 15 is 0 Å². The third kappa shape index (κ3) is 2.70. The van der Waals surface area contributed by atoms with Gasteiger partial charge in [-0.2, -0.15) is 5.10 Å². The van der Waals surface area contributed by atoms with E-state index in [-0.39, 0.29) is 5.91 Å². The number of carbonyl (C=O) groups is 1. The molecule has 0 unspecified atom stereocenters. The first-order valence-electron chi connectivity index (χ1n) is 4.41. The van der Waals surface area contributed by atoms with Gasteiger partial charge in [0, 0.05) is 20.7 Å². The molecule has 0 aliphatic heterocycles. The van der Waals surface area contributed by atoms with Crippen LogP contribution in [0.2, 0.25) is 0 Å². The van der Waals surface area contributed by atoms with Gasteiger partial charge in [0.25, 0.3) is 5.91 Å². The van der Waals surface area contributed by atoms with Crippen molar-refractivity contribution < 1.29 is 4.79 Å². The number of aromatic nitrogens is 2. The molecular weight excluding hydrogens is 338 g/mol. The fourth-order valence-electron chi connectivity index (χ4n) is 1.21. The highest BCUT2D eigenvalue weighted by Gasteiger charge is 2.08. The smallest absolute Gasteiger partial charge is 0.255 e. The molecule has 0 aliphatic carbocycles. The van der Waals surface area contributed by atoms with Crippen LogP contribution in [0.3, 0.4) is 0 Å². The minimum Gasteiger partial charge on any atom is -0.319 e. The van der Waals surface area contributed by atoms with Gasteiger partial charge in [0.2, 0.25) is 0 Å². The second kappa shape index (κ2) is 4.80. The summed E-state index contributed by atoms with van der Waals surface area (Å²) >= 11 is 6.66. The molecule has 0 atom stereocenters. The van der Waals surface area contributed by atoms with Gasteiger partial charge < -0.3 is 5.32 Å². The predicted octanol–water partition coefficient (Wildman–Crippen LogP) is 3.19. The van der Waals surface area contributed by atoms with Gasteiger partial charge >= 0.3 is 0 Å². The third-order valence-electron chi connectivity index (χ3n) is 1.88. The van der Waals surface area contributed by atoms with E-state index in [1.807, 2.05) is 6.07 Å². The van der Waals surface area contributed by atoms with Gasteiger partial charge in [0.05, 0.1) is 11.9 Å². The first kappa shape index (κ1) is 11.3. The zero-order valence-electron chi connectivity index (χ0n) is 8.00. The second-order valence-electron chi connectivity index (χ2n) is 3.10. The maximum absolute atomic E-state index is 11.8. The molecule has 2 rings (SSSR count). The summed E-state index contributed by atoms with van der Waals surface area (Å²) in [4.78, 5) is 11.8. The van der Waals surface area contributed by atoms with Crippen molar-refractivity contribution in [2.24, 2.45) is 0 Å². The maximum Gasteiger partial charge on any atom is 0.255 e. The van der Waals surface area contributed by atoms with Crippen molar-refractivity contribution in [3.8, 4) is 0 Å². The van der Waals surface area contributed by atoms with Crippen molar-refractivity contribution >= 4 is 43.5 Å². The lowest BCUT2D eigenvalue weighted by Gasteiger charge is -2.03. The van der Waals surface area contributed by atoms with Gasteiger partial charge in [0.1, 0.15) is 0 Å². The highest BCUT2D eigenvalue weighted by Crippen LogP contribution is 2.20. The van der Waals surface area contributed by atoms with Crippen LogP contribution in [0.15, 0.2) is 39.5 Å². The Kier molecular flexibility index (Phi) is 3.40. The van der Waals surface area contributed by atoms with Gasteiger partial charge in [-0.25, -0.2) is 0 Å². The van der Waals surface area contributed by atoms with Crippen molar-refractivity contribution in [3.63, 3.8) is 0 Å². The van der Waals surface area contributed by atoms with E-state index in [9.17, 15) is 4.79 Å². The molecule has 2 aromatic rings. The molecule has 6 heteroatoms. The zero-order valence-corrected chi connectivity index (χ0v) is 11.2. The van der Waals surface area contributed by atoms with Crippen molar-refractivity contribution in [1.29, 1.82) is 0 Å². The molecule has 0 spiro atoms. The normalized spacial score (nSPS) is 10.1. The fraction of sp³-hybridized carbons (Fsp3) is 0. The van der Waals surface area contributed by atoms with Crippen molar-refractivity contribution in [2.45, 2.75) is 0 Å². The van der Waals surface area contributed by atoms with Crippen LogP contribution < -0.4 is 5.32 Å². The van der Waals surface area contributed by atoms with E-state index in [1.165, 1.54) is 0 Å². The number of carbonyl (C=O) groups excluding carboxylic acids is 1. The quantitative estimate of drug-likeness (QED) is 0.879. The standard InChI is InChI=1S/C10H7Br2N3O/c11-7-1-6(2-8(12)3-7)10(16)15-9-4-13-14-5-9/h1-5H,(H,13,14)(H,15,16). The number of aromatic amines is 1. The summed E-state index contributed by atoms with van der Waals surface area (Å²) in [5.74, 6) is -0.177. The monoisotopic (exact) mass is 343 g/mol. The van der Waals surface area contributed by atoms with Gasteiger partial charge in [0.15, 0.2) is 0 Å². The van der Waals surface area contributed by atoms with Crippen molar-refractivity contribution in [1.82, 2.24) is 10.2 Å². The number of hydrogen-bond donors (Lipinski definition) is 2. The Hall–Kier alpha value is -1.14. The van der Waals surface area contributed by atoms with E-state index < -0.39 is 0 Å². The highest BCUT2D eigenvalue weighted by molar-refractivity contribution is 9.11. The molecule has 1 aromatic carbocycles. The summed E-state index contributed by atoms with van der Waals surface area (Å²) < 4.78 is 1.69. The summed E-state index contributed by atoms with van der Waals surface area (Å²) in [6, 6.07) is 5.37. The van der Waals surface area contributed by atoms with Crippen LogP contribution in [0.25, 0.3) is 0 Å². The predicted molar refractivity (Wildman–Crippen MR) is 68.4 cm³/mol. The molecule has 16 heavy (non-hydrogen) atoms. The Labute approximate surface area is 109 Å². The number of benzene rings is 1. The SMILES string of the molecule is O=C(Nc1cn[nH]c1)c1cc(Br)cc(Br)c1. The lowest BCUT2D eigenvalue weighted by Crippen LogP contribution is -2.11. The topological polar surface area (TPSA) is 57.8 Å². The third-order valence-corrected chi connectivity index (χ3v) is 2.80. The number of nitrogens with one attached hydrogen (secondary N) is 2. The minimum atomic E-state index is -0.177. The molecule has 0 saturated carbocycles. The molecular formula is C10H7Br2N3O. The lowest BCUT2D eigenvalue weighted by atomic mass is 10.2. The van der Waals surface area contributed by atoms with Gasteiger partial charge in [-0.05, 0) is 18.2 Å². The summed E-state index contributed by atoms with van der Waals surface area (Å²) in [6.07, 6.45) is 3.16. The van der Waals surface area contributed by atoms with E-state index in [0.29, 0.717) is 11.3 Å². The van der Waals surface area contributed by atoms with E-state index in [2.05, 4.69) is 47.4 Å². The molecule has 0 aliphatic rings. The summed E-state index contributed by atoms with van der Waals surface area (Å²) in [7, 11) is 0. The zero-order chi connectivity index (χ0) is 11.5. The van der Waals surface area contributed by atoms with E-state index in [0.717, 1.165) is 8.95 Å². The Morgan fingerprint density at radius 1 is 1.25 bits per heavy atom. The molecule has 4 nitrogen and oxygen atoms in total. The molecule has 1 aromatic heterocycles. The fourth-order valence-corrected chi connectivity index (χ4v) is 2.50. The van der Waals surface area contributed by atoms with Crippen LogP contribution >= 0.6 is 31.9 Å². The highest BCUT2D eigenvalue weighted by atomic mass is 79.9. The second-order valence-corrected chi connectivity index (χ2v) is 4.93. The van der Waals surface area contributed by atoms with Gasteiger partial charge in [-0.15, -0.1) is 0 Å². The Morgan fingerprint density at radius 3 is 2.50 bits per heavy atom. The maximum atomic E-state index is 11.8. The van der Waals surface area contributed by atoms with Crippen molar-refractivity contribution in [3.05, 3.63) is 45.1 Å². The molecule has 1 amide bonds. The van der Waals surface area contributed by atoms with Crippen LogP contribution in [-0.2, 0) is 0 Å². The largest absolute Gasteiger partial charge is 0.319 e. The number of nitrogens with zero attached hydrogens (tertiary/aromatic N) is 1. The first-order chi connectivity index (χ1) is 7.65.